The second-order valence-electron chi connectivity index (χ2n) is 4.54. The SMILES string of the molecule is C/C=C(\C)C(=O)Oc1ccc([N+](=O)[O-])c(C2OCCP2)c1. The van der Waals surface area contributed by atoms with Gasteiger partial charge in [-0.05, 0) is 32.1 Å². The Morgan fingerprint density at radius 1 is 1.57 bits per heavy atom. The minimum atomic E-state index is -0.466. The van der Waals surface area contributed by atoms with E-state index >= 15 is 0 Å². The molecule has 1 aromatic rings. The highest BCUT2D eigenvalue weighted by molar-refractivity contribution is 7.38. The molecule has 0 spiro atoms. The Morgan fingerprint density at radius 2 is 2.33 bits per heavy atom. The molecule has 0 aromatic heterocycles. The van der Waals surface area contributed by atoms with E-state index in [1.165, 1.54) is 18.2 Å². The van der Waals surface area contributed by atoms with Crippen LogP contribution in [0.25, 0.3) is 0 Å². The number of esters is 1. The number of carbonyl (C=O) groups excluding carboxylic acids is 1. The van der Waals surface area contributed by atoms with E-state index in [4.69, 9.17) is 9.47 Å². The van der Waals surface area contributed by atoms with Gasteiger partial charge < -0.3 is 9.47 Å². The largest absolute Gasteiger partial charge is 0.423 e. The van der Waals surface area contributed by atoms with Gasteiger partial charge >= 0.3 is 5.97 Å². The fraction of sp³-hybridized carbons (Fsp3) is 0.357. The zero-order valence-electron chi connectivity index (χ0n) is 11.8. The van der Waals surface area contributed by atoms with E-state index in [-0.39, 0.29) is 11.5 Å². The molecule has 7 heteroatoms. The Hall–Kier alpha value is -1.78. The average molecular weight is 309 g/mol. The number of nitrogens with zero attached hydrogens (tertiary/aromatic N) is 1. The summed E-state index contributed by atoms with van der Waals surface area (Å²) in [7, 11) is 0.475. The summed E-state index contributed by atoms with van der Waals surface area (Å²) in [6.45, 7) is 3.99. The minimum Gasteiger partial charge on any atom is -0.423 e. The molecule has 0 radical (unpaired) electrons. The molecule has 1 aliphatic rings. The van der Waals surface area contributed by atoms with Gasteiger partial charge in [0.1, 0.15) is 11.6 Å². The van der Waals surface area contributed by atoms with Gasteiger partial charge in [-0.15, -0.1) is 0 Å². The van der Waals surface area contributed by atoms with Gasteiger partial charge in [-0.3, -0.25) is 10.1 Å². The van der Waals surface area contributed by atoms with Gasteiger partial charge in [0.2, 0.25) is 0 Å². The number of ether oxygens (including phenoxy) is 2. The standard InChI is InChI=1S/C14H16NO5P/c1-3-9(2)13(16)20-10-4-5-12(15(17)18)11(8-10)14-19-6-7-21-14/h3-5,8,14,21H,6-7H2,1-2H3/b9-3+. The van der Waals surface area contributed by atoms with Crippen molar-refractivity contribution < 1.29 is 19.2 Å². The molecular weight excluding hydrogens is 293 g/mol. The fourth-order valence-corrected chi connectivity index (χ4v) is 3.09. The predicted molar refractivity (Wildman–Crippen MR) is 80.0 cm³/mol. The summed E-state index contributed by atoms with van der Waals surface area (Å²) in [5, 5.41) is 11.1. The highest BCUT2D eigenvalue weighted by Crippen LogP contribution is 2.45. The van der Waals surface area contributed by atoms with Crippen LogP contribution in [0.1, 0.15) is 25.3 Å². The van der Waals surface area contributed by atoms with E-state index in [1.54, 1.807) is 19.9 Å². The number of rotatable bonds is 4. The second kappa shape index (κ2) is 6.78. The van der Waals surface area contributed by atoms with Crippen LogP contribution in [0.4, 0.5) is 5.69 Å². The van der Waals surface area contributed by atoms with Gasteiger partial charge in [0.05, 0.1) is 17.1 Å². The molecule has 0 saturated carbocycles. The number of allylic oxidation sites excluding steroid dienone is 1. The third-order valence-electron chi connectivity index (χ3n) is 3.16. The van der Waals surface area contributed by atoms with E-state index in [2.05, 4.69) is 0 Å². The predicted octanol–water partition coefficient (Wildman–Crippen LogP) is 3.17. The van der Waals surface area contributed by atoms with Crippen LogP contribution in [-0.2, 0) is 9.53 Å². The molecular formula is C14H16NO5P. The first-order valence-electron chi connectivity index (χ1n) is 6.51. The van der Waals surface area contributed by atoms with Crippen LogP contribution in [0.2, 0.25) is 0 Å². The van der Waals surface area contributed by atoms with Crippen molar-refractivity contribution in [2.24, 2.45) is 0 Å². The number of nitro groups is 1. The topological polar surface area (TPSA) is 78.7 Å². The number of benzene rings is 1. The molecule has 1 aliphatic heterocycles. The van der Waals surface area contributed by atoms with Gasteiger partial charge in [0.25, 0.3) is 5.69 Å². The molecule has 0 aliphatic carbocycles. The summed E-state index contributed by atoms with van der Waals surface area (Å²) in [6.07, 6.45) is 2.54. The first-order valence-corrected chi connectivity index (χ1v) is 7.79. The van der Waals surface area contributed by atoms with Gasteiger partial charge in [-0.1, -0.05) is 14.7 Å². The third-order valence-corrected chi connectivity index (χ3v) is 4.50. The maximum absolute atomic E-state index is 11.7. The maximum atomic E-state index is 11.7. The van der Waals surface area contributed by atoms with Crippen LogP contribution in [0.3, 0.4) is 0 Å². The van der Waals surface area contributed by atoms with Crippen molar-refractivity contribution in [2.45, 2.75) is 19.7 Å². The smallest absolute Gasteiger partial charge is 0.338 e. The maximum Gasteiger partial charge on any atom is 0.338 e. The molecule has 2 unspecified atom stereocenters. The van der Waals surface area contributed by atoms with E-state index < -0.39 is 10.9 Å². The molecule has 1 aromatic carbocycles. The first kappa shape index (κ1) is 15.6. The van der Waals surface area contributed by atoms with Crippen LogP contribution >= 0.6 is 8.58 Å². The summed E-state index contributed by atoms with van der Waals surface area (Å²) in [5.41, 5.74) is 0.949. The van der Waals surface area contributed by atoms with Crippen molar-refractivity contribution in [3.8, 4) is 5.75 Å². The Bertz CT molecular complexity index is 593. The molecule has 6 nitrogen and oxygen atoms in total. The van der Waals surface area contributed by atoms with Crippen molar-refractivity contribution in [3.05, 3.63) is 45.5 Å². The lowest BCUT2D eigenvalue weighted by Gasteiger charge is -2.12. The Balaban J connectivity index is 2.30. The number of nitro benzene ring substituents is 1. The van der Waals surface area contributed by atoms with Gasteiger partial charge in [0.15, 0.2) is 0 Å². The average Bonchev–Trinajstić information content (AvgIpc) is 3.00. The van der Waals surface area contributed by atoms with Crippen molar-refractivity contribution in [3.63, 3.8) is 0 Å². The molecule has 1 saturated heterocycles. The third kappa shape index (κ3) is 3.65. The molecule has 1 fully saturated rings. The number of hydrogen-bond acceptors (Lipinski definition) is 5. The summed E-state index contributed by atoms with van der Waals surface area (Å²) >= 11 is 0. The Labute approximate surface area is 124 Å². The molecule has 112 valence electrons. The van der Waals surface area contributed by atoms with Gasteiger partial charge in [-0.25, -0.2) is 4.79 Å². The first-order chi connectivity index (χ1) is 10.0. The van der Waals surface area contributed by atoms with Crippen LogP contribution in [0, 0.1) is 10.1 Å². The highest BCUT2D eigenvalue weighted by Gasteiger charge is 2.27. The van der Waals surface area contributed by atoms with Gasteiger partial charge in [-0.2, -0.15) is 0 Å². The lowest BCUT2D eigenvalue weighted by atomic mass is 10.1. The molecule has 0 N–H and O–H groups in total. The number of carbonyl (C=O) groups is 1. The van der Waals surface area contributed by atoms with E-state index in [0.29, 0.717) is 32.1 Å². The van der Waals surface area contributed by atoms with E-state index in [1.807, 2.05) is 0 Å². The molecule has 1 heterocycles. The summed E-state index contributed by atoms with van der Waals surface area (Å²) in [6, 6.07) is 4.32. The lowest BCUT2D eigenvalue weighted by molar-refractivity contribution is -0.386. The van der Waals surface area contributed by atoms with Gasteiger partial charge in [0, 0.05) is 11.6 Å². The Morgan fingerprint density at radius 3 is 2.90 bits per heavy atom. The molecule has 0 bridgehead atoms. The molecule has 21 heavy (non-hydrogen) atoms. The van der Waals surface area contributed by atoms with Crippen molar-refractivity contribution >= 4 is 20.2 Å². The fourth-order valence-electron chi connectivity index (χ4n) is 1.90. The van der Waals surface area contributed by atoms with Crippen LogP contribution in [-0.4, -0.2) is 23.7 Å². The van der Waals surface area contributed by atoms with Crippen LogP contribution in [0.5, 0.6) is 5.75 Å². The van der Waals surface area contributed by atoms with E-state index in [0.717, 1.165) is 6.16 Å². The molecule has 0 amide bonds. The van der Waals surface area contributed by atoms with Crippen molar-refractivity contribution in [2.75, 3.05) is 12.8 Å². The molecule has 2 rings (SSSR count). The zero-order chi connectivity index (χ0) is 15.4. The monoisotopic (exact) mass is 309 g/mol. The van der Waals surface area contributed by atoms with E-state index in [9.17, 15) is 14.9 Å². The summed E-state index contributed by atoms with van der Waals surface area (Å²) in [4.78, 5) is 22.4. The van der Waals surface area contributed by atoms with Crippen molar-refractivity contribution in [1.82, 2.24) is 0 Å². The summed E-state index contributed by atoms with van der Waals surface area (Å²) in [5.74, 6) is -0.457. The summed E-state index contributed by atoms with van der Waals surface area (Å²) < 4.78 is 10.7. The molecule has 2 atom stereocenters. The van der Waals surface area contributed by atoms with Crippen LogP contribution in [0.15, 0.2) is 29.8 Å². The number of hydrogen-bond donors (Lipinski definition) is 0. The Kier molecular flexibility index (Phi) is 5.04. The lowest BCUT2D eigenvalue weighted by Crippen LogP contribution is -2.09. The van der Waals surface area contributed by atoms with Crippen LogP contribution < -0.4 is 4.74 Å². The van der Waals surface area contributed by atoms with Crippen molar-refractivity contribution in [1.29, 1.82) is 0 Å². The quantitative estimate of drug-likeness (QED) is 0.213. The minimum absolute atomic E-state index is 0.00282. The highest BCUT2D eigenvalue weighted by atomic mass is 31.1. The second-order valence-corrected chi connectivity index (χ2v) is 5.98. The zero-order valence-corrected chi connectivity index (χ0v) is 12.8. The normalized spacial score (nSPS) is 19.7.